The summed E-state index contributed by atoms with van der Waals surface area (Å²) in [6.07, 6.45) is 1.51. The standard InChI is InChI=1S/C17H20N4O2/c1-13-11-20(8-9-21(13)14(2)22)16-10-17(19-12-18-16)23-15-6-4-3-5-7-15/h3-7,10,12-13H,8-9,11H2,1-2H3/t13-/m0/s1. The largest absolute Gasteiger partial charge is 0.439 e. The third-order valence-corrected chi connectivity index (χ3v) is 3.95. The van der Waals surface area contributed by atoms with Gasteiger partial charge in [0.1, 0.15) is 17.9 Å². The molecule has 6 heteroatoms. The predicted molar refractivity (Wildman–Crippen MR) is 87.6 cm³/mol. The Morgan fingerprint density at radius 2 is 2.00 bits per heavy atom. The number of carbonyl (C=O) groups excluding carboxylic acids is 1. The van der Waals surface area contributed by atoms with E-state index in [-0.39, 0.29) is 11.9 Å². The maximum atomic E-state index is 11.6. The summed E-state index contributed by atoms with van der Waals surface area (Å²) in [5, 5.41) is 0. The summed E-state index contributed by atoms with van der Waals surface area (Å²) >= 11 is 0. The highest BCUT2D eigenvalue weighted by molar-refractivity contribution is 5.74. The second-order valence-electron chi connectivity index (χ2n) is 5.64. The number of hydrogen-bond acceptors (Lipinski definition) is 5. The van der Waals surface area contributed by atoms with E-state index < -0.39 is 0 Å². The zero-order valence-corrected chi connectivity index (χ0v) is 13.3. The van der Waals surface area contributed by atoms with E-state index in [0.717, 1.165) is 24.7 Å². The van der Waals surface area contributed by atoms with E-state index in [9.17, 15) is 4.79 Å². The first-order valence-corrected chi connectivity index (χ1v) is 7.70. The Kier molecular flexibility index (Phi) is 4.41. The van der Waals surface area contributed by atoms with Gasteiger partial charge in [0.25, 0.3) is 0 Å². The summed E-state index contributed by atoms with van der Waals surface area (Å²) < 4.78 is 5.75. The number of benzene rings is 1. The van der Waals surface area contributed by atoms with E-state index in [0.29, 0.717) is 12.4 Å². The summed E-state index contributed by atoms with van der Waals surface area (Å²) in [4.78, 5) is 24.1. The Labute approximate surface area is 135 Å². The van der Waals surface area contributed by atoms with Crippen LogP contribution in [0, 0.1) is 0 Å². The number of piperazine rings is 1. The molecule has 0 spiro atoms. The lowest BCUT2D eigenvalue weighted by Crippen LogP contribution is -2.53. The van der Waals surface area contributed by atoms with Crippen LogP contribution in [0.1, 0.15) is 13.8 Å². The molecule has 0 radical (unpaired) electrons. The molecule has 1 amide bonds. The summed E-state index contributed by atoms with van der Waals surface area (Å²) in [6, 6.07) is 11.5. The van der Waals surface area contributed by atoms with Crippen LogP contribution in [0.15, 0.2) is 42.7 Å². The van der Waals surface area contributed by atoms with Crippen molar-refractivity contribution in [2.45, 2.75) is 19.9 Å². The van der Waals surface area contributed by atoms with Crippen molar-refractivity contribution >= 4 is 11.7 Å². The summed E-state index contributed by atoms with van der Waals surface area (Å²) in [6.45, 7) is 5.88. The topological polar surface area (TPSA) is 58.6 Å². The molecule has 0 saturated carbocycles. The average Bonchev–Trinajstić information content (AvgIpc) is 2.55. The Morgan fingerprint density at radius 1 is 1.22 bits per heavy atom. The van der Waals surface area contributed by atoms with Crippen LogP contribution in [0.5, 0.6) is 11.6 Å². The molecule has 2 aromatic rings. The number of rotatable bonds is 3. The van der Waals surface area contributed by atoms with Gasteiger partial charge in [0.2, 0.25) is 11.8 Å². The van der Waals surface area contributed by atoms with E-state index >= 15 is 0 Å². The van der Waals surface area contributed by atoms with Crippen molar-refractivity contribution in [1.82, 2.24) is 14.9 Å². The third kappa shape index (κ3) is 3.59. The van der Waals surface area contributed by atoms with Crippen LogP contribution in [0.2, 0.25) is 0 Å². The normalized spacial score (nSPS) is 17.9. The van der Waals surface area contributed by atoms with Gasteiger partial charge in [-0.05, 0) is 19.1 Å². The molecule has 3 rings (SSSR count). The highest BCUT2D eigenvalue weighted by atomic mass is 16.5. The van der Waals surface area contributed by atoms with Crippen LogP contribution in [-0.2, 0) is 4.79 Å². The lowest BCUT2D eigenvalue weighted by Gasteiger charge is -2.39. The highest BCUT2D eigenvalue weighted by Crippen LogP contribution is 2.23. The van der Waals surface area contributed by atoms with Crippen molar-refractivity contribution in [3.05, 3.63) is 42.7 Å². The summed E-state index contributed by atoms with van der Waals surface area (Å²) in [7, 11) is 0. The van der Waals surface area contributed by atoms with Crippen LogP contribution in [-0.4, -0.2) is 46.5 Å². The molecule has 1 fully saturated rings. The van der Waals surface area contributed by atoms with Gasteiger partial charge in [-0.3, -0.25) is 4.79 Å². The van der Waals surface area contributed by atoms with Gasteiger partial charge < -0.3 is 14.5 Å². The molecule has 0 N–H and O–H groups in total. The van der Waals surface area contributed by atoms with Crippen molar-refractivity contribution in [3.63, 3.8) is 0 Å². The third-order valence-electron chi connectivity index (χ3n) is 3.95. The number of amides is 1. The molecular weight excluding hydrogens is 292 g/mol. The van der Waals surface area contributed by atoms with Crippen LogP contribution >= 0.6 is 0 Å². The average molecular weight is 312 g/mol. The van der Waals surface area contributed by atoms with Gasteiger partial charge in [-0.1, -0.05) is 18.2 Å². The van der Waals surface area contributed by atoms with Gasteiger partial charge in [0.05, 0.1) is 0 Å². The number of nitrogens with zero attached hydrogens (tertiary/aromatic N) is 4. The van der Waals surface area contributed by atoms with Gasteiger partial charge in [-0.25, -0.2) is 9.97 Å². The maximum absolute atomic E-state index is 11.6. The van der Waals surface area contributed by atoms with E-state index in [1.165, 1.54) is 6.33 Å². The number of para-hydroxylation sites is 1. The van der Waals surface area contributed by atoms with Crippen LogP contribution in [0.25, 0.3) is 0 Å². The Morgan fingerprint density at radius 3 is 2.70 bits per heavy atom. The highest BCUT2D eigenvalue weighted by Gasteiger charge is 2.26. The van der Waals surface area contributed by atoms with Gasteiger partial charge >= 0.3 is 0 Å². The SMILES string of the molecule is CC(=O)N1CCN(c2cc(Oc3ccccc3)ncn2)C[C@@H]1C. The molecule has 0 unspecified atom stereocenters. The fraction of sp³-hybridized carbons (Fsp3) is 0.353. The zero-order chi connectivity index (χ0) is 16.2. The molecular formula is C17H20N4O2. The maximum Gasteiger partial charge on any atom is 0.224 e. The minimum atomic E-state index is 0.118. The van der Waals surface area contributed by atoms with Gasteiger partial charge in [0, 0.05) is 38.7 Å². The molecule has 0 aliphatic carbocycles. The van der Waals surface area contributed by atoms with Gasteiger partial charge in [0.15, 0.2) is 0 Å². The molecule has 120 valence electrons. The molecule has 1 saturated heterocycles. The molecule has 1 aliphatic heterocycles. The monoisotopic (exact) mass is 312 g/mol. The van der Waals surface area contributed by atoms with E-state index in [1.54, 1.807) is 6.92 Å². The lowest BCUT2D eigenvalue weighted by molar-refractivity contribution is -0.131. The first-order chi connectivity index (χ1) is 11.1. The van der Waals surface area contributed by atoms with Crippen molar-refractivity contribution < 1.29 is 9.53 Å². The first-order valence-electron chi connectivity index (χ1n) is 7.70. The van der Waals surface area contributed by atoms with Crippen molar-refractivity contribution in [2.24, 2.45) is 0 Å². The number of hydrogen-bond donors (Lipinski definition) is 0. The molecule has 1 aromatic carbocycles. The summed E-state index contributed by atoms with van der Waals surface area (Å²) in [5.74, 6) is 2.20. The van der Waals surface area contributed by atoms with Gasteiger partial charge in [-0.2, -0.15) is 0 Å². The first kappa shape index (κ1) is 15.3. The molecule has 6 nitrogen and oxygen atoms in total. The van der Waals surface area contributed by atoms with Crippen LogP contribution in [0.4, 0.5) is 5.82 Å². The van der Waals surface area contributed by atoms with Gasteiger partial charge in [-0.15, -0.1) is 0 Å². The van der Waals surface area contributed by atoms with Crippen LogP contribution in [0.3, 0.4) is 0 Å². The molecule has 0 bridgehead atoms. The van der Waals surface area contributed by atoms with Crippen molar-refractivity contribution in [2.75, 3.05) is 24.5 Å². The molecule has 1 atom stereocenters. The van der Waals surface area contributed by atoms with Crippen LogP contribution < -0.4 is 9.64 Å². The quantitative estimate of drug-likeness (QED) is 0.870. The second-order valence-corrected chi connectivity index (χ2v) is 5.64. The minimum absolute atomic E-state index is 0.118. The zero-order valence-electron chi connectivity index (χ0n) is 13.3. The predicted octanol–water partition coefficient (Wildman–Crippen LogP) is 2.33. The second kappa shape index (κ2) is 6.64. The fourth-order valence-electron chi connectivity index (χ4n) is 2.80. The molecule has 23 heavy (non-hydrogen) atoms. The smallest absolute Gasteiger partial charge is 0.224 e. The van der Waals surface area contributed by atoms with E-state index in [4.69, 9.17) is 4.74 Å². The van der Waals surface area contributed by atoms with Crippen molar-refractivity contribution in [3.8, 4) is 11.6 Å². The number of anilines is 1. The fourth-order valence-corrected chi connectivity index (χ4v) is 2.80. The summed E-state index contributed by atoms with van der Waals surface area (Å²) in [5.41, 5.74) is 0. The lowest BCUT2D eigenvalue weighted by atomic mass is 10.2. The molecule has 1 aliphatic rings. The molecule has 2 heterocycles. The van der Waals surface area contributed by atoms with Crippen molar-refractivity contribution in [1.29, 1.82) is 0 Å². The molecule has 1 aromatic heterocycles. The minimum Gasteiger partial charge on any atom is -0.439 e. The number of ether oxygens (including phenoxy) is 1. The van der Waals surface area contributed by atoms with E-state index in [2.05, 4.69) is 21.8 Å². The van der Waals surface area contributed by atoms with E-state index in [1.807, 2.05) is 41.3 Å². The number of carbonyl (C=O) groups is 1. The Balaban J connectivity index is 1.72. The Bertz CT molecular complexity index is 677. The Hall–Kier alpha value is -2.63. The number of aromatic nitrogens is 2.